The maximum absolute atomic E-state index is 6.02. The van der Waals surface area contributed by atoms with Gasteiger partial charge in [0.25, 0.3) is 0 Å². The first-order chi connectivity index (χ1) is 10.3. The predicted octanol–water partition coefficient (Wildman–Crippen LogP) is 4.87. The van der Waals surface area contributed by atoms with Crippen LogP contribution in [0.5, 0.6) is 0 Å². The fourth-order valence-corrected chi connectivity index (χ4v) is 3.63. The van der Waals surface area contributed by atoms with Gasteiger partial charge in [0.2, 0.25) is 0 Å². The average molecular weight is 276 g/mol. The molecule has 21 heavy (non-hydrogen) atoms. The molecule has 0 spiro atoms. The van der Waals surface area contributed by atoms with Crippen molar-refractivity contribution in [3.63, 3.8) is 0 Å². The first-order valence-corrected chi connectivity index (χ1v) is 7.79. The SMILES string of the molecule is Nc1ccc2cc(C3CCCC3)n(-c3ccccc3)c2c1. The van der Waals surface area contributed by atoms with Crippen LogP contribution in [0, 0.1) is 0 Å². The summed E-state index contributed by atoms with van der Waals surface area (Å²) in [6.07, 6.45) is 5.31. The number of hydrogen-bond acceptors (Lipinski definition) is 1. The van der Waals surface area contributed by atoms with Gasteiger partial charge in [-0.25, -0.2) is 0 Å². The first kappa shape index (κ1) is 12.5. The molecule has 2 N–H and O–H groups in total. The minimum absolute atomic E-state index is 0.679. The highest BCUT2D eigenvalue weighted by atomic mass is 15.0. The Hall–Kier alpha value is -2.22. The molecule has 1 aromatic heterocycles. The van der Waals surface area contributed by atoms with Gasteiger partial charge in [0.05, 0.1) is 5.52 Å². The second-order valence-corrected chi connectivity index (χ2v) is 6.04. The molecule has 106 valence electrons. The fraction of sp³-hybridized carbons (Fsp3) is 0.263. The Balaban J connectivity index is 1.99. The van der Waals surface area contributed by atoms with Crippen molar-refractivity contribution < 1.29 is 0 Å². The van der Waals surface area contributed by atoms with Crippen LogP contribution >= 0.6 is 0 Å². The first-order valence-electron chi connectivity index (χ1n) is 7.79. The minimum Gasteiger partial charge on any atom is -0.399 e. The molecule has 0 radical (unpaired) electrons. The number of fused-ring (bicyclic) bond motifs is 1. The zero-order chi connectivity index (χ0) is 14.2. The summed E-state index contributed by atoms with van der Waals surface area (Å²) in [5.74, 6) is 0.679. The largest absolute Gasteiger partial charge is 0.399 e. The van der Waals surface area contributed by atoms with Crippen molar-refractivity contribution in [3.8, 4) is 5.69 Å². The van der Waals surface area contributed by atoms with Crippen LogP contribution in [0.3, 0.4) is 0 Å². The molecule has 0 unspecified atom stereocenters. The lowest BCUT2D eigenvalue weighted by Crippen LogP contribution is -2.03. The third kappa shape index (κ3) is 2.11. The van der Waals surface area contributed by atoms with Gasteiger partial charge in [-0.15, -0.1) is 0 Å². The minimum atomic E-state index is 0.679. The number of benzene rings is 2. The molecule has 1 aliphatic carbocycles. The van der Waals surface area contributed by atoms with Crippen LogP contribution < -0.4 is 5.73 Å². The van der Waals surface area contributed by atoms with Gasteiger partial charge < -0.3 is 10.3 Å². The molecule has 1 aliphatic rings. The van der Waals surface area contributed by atoms with Gasteiger partial charge in [0, 0.05) is 22.5 Å². The standard InChI is InChI=1S/C19H20N2/c20-16-11-10-15-12-18(14-6-4-5-7-14)21(19(15)13-16)17-8-2-1-3-9-17/h1-3,8-14H,4-7,20H2. The van der Waals surface area contributed by atoms with Crippen LogP contribution in [0.25, 0.3) is 16.6 Å². The van der Waals surface area contributed by atoms with E-state index in [9.17, 15) is 0 Å². The van der Waals surface area contributed by atoms with Crippen molar-refractivity contribution in [2.75, 3.05) is 5.73 Å². The number of hydrogen-bond donors (Lipinski definition) is 1. The summed E-state index contributed by atoms with van der Waals surface area (Å²) in [5, 5.41) is 1.29. The summed E-state index contributed by atoms with van der Waals surface area (Å²) < 4.78 is 2.40. The quantitative estimate of drug-likeness (QED) is 0.665. The highest BCUT2D eigenvalue weighted by molar-refractivity contribution is 5.86. The molecule has 0 bridgehead atoms. The van der Waals surface area contributed by atoms with Crippen molar-refractivity contribution in [3.05, 3.63) is 60.3 Å². The molecule has 2 nitrogen and oxygen atoms in total. The smallest absolute Gasteiger partial charge is 0.0552 e. The van der Waals surface area contributed by atoms with Gasteiger partial charge >= 0.3 is 0 Å². The number of para-hydroxylation sites is 1. The van der Waals surface area contributed by atoms with E-state index in [1.807, 2.05) is 6.07 Å². The van der Waals surface area contributed by atoms with E-state index in [0.717, 1.165) is 5.69 Å². The van der Waals surface area contributed by atoms with Gasteiger partial charge in [0.1, 0.15) is 0 Å². The third-order valence-electron chi connectivity index (χ3n) is 4.64. The van der Waals surface area contributed by atoms with Crippen LogP contribution in [0.4, 0.5) is 5.69 Å². The lowest BCUT2D eigenvalue weighted by atomic mass is 10.0. The molecule has 2 aromatic carbocycles. The molecule has 0 atom stereocenters. The number of nitrogens with zero attached hydrogens (tertiary/aromatic N) is 1. The van der Waals surface area contributed by atoms with Crippen molar-refractivity contribution in [1.82, 2.24) is 4.57 Å². The monoisotopic (exact) mass is 276 g/mol. The maximum Gasteiger partial charge on any atom is 0.0552 e. The van der Waals surface area contributed by atoms with Crippen LogP contribution in [-0.4, -0.2) is 4.57 Å². The molecular formula is C19H20N2. The Labute approximate surface area is 125 Å². The van der Waals surface area contributed by atoms with E-state index in [4.69, 9.17) is 5.73 Å². The van der Waals surface area contributed by atoms with E-state index in [1.165, 1.54) is 48.0 Å². The van der Waals surface area contributed by atoms with E-state index < -0.39 is 0 Å². The zero-order valence-corrected chi connectivity index (χ0v) is 12.1. The highest BCUT2D eigenvalue weighted by Crippen LogP contribution is 2.38. The van der Waals surface area contributed by atoms with Crippen LogP contribution in [0.15, 0.2) is 54.6 Å². The number of nitrogen functional groups attached to an aromatic ring is 1. The van der Waals surface area contributed by atoms with Gasteiger partial charge in [-0.1, -0.05) is 37.1 Å². The zero-order valence-electron chi connectivity index (χ0n) is 12.1. The topological polar surface area (TPSA) is 30.9 Å². The summed E-state index contributed by atoms with van der Waals surface area (Å²) in [7, 11) is 0. The van der Waals surface area contributed by atoms with Crippen LogP contribution in [0.1, 0.15) is 37.3 Å². The molecule has 0 aliphatic heterocycles. The number of anilines is 1. The molecule has 1 fully saturated rings. The van der Waals surface area contributed by atoms with Gasteiger partial charge in [-0.05, 0) is 49.1 Å². The summed E-state index contributed by atoms with van der Waals surface area (Å²) in [5.41, 5.74) is 10.8. The molecule has 0 amide bonds. The average Bonchev–Trinajstić information content (AvgIpc) is 3.14. The van der Waals surface area contributed by atoms with Crippen LogP contribution in [-0.2, 0) is 0 Å². The molecule has 1 saturated carbocycles. The maximum atomic E-state index is 6.02. The molecule has 3 aromatic rings. The number of nitrogens with two attached hydrogens (primary N) is 1. The second kappa shape index (κ2) is 4.96. The van der Waals surface area contributed by atoms with Crippen molar-refractivity contribution >= 4 is 16.6 Å². The predicted molar refractivity (Wildman–Crippen MR) is 88.9 cm³/mol. The van der Waals surface area contributed by atoms with E-state index in [1.54, 1.807) is 0 Å². The molecule has 0 saturated heterocycles. The van der Waals surface area contributed by atoms with E-state index in [-0.39, 0.29) is 0 Å². The molecule has 1 heterocycles. The number of aromatic nitrogens is 1. The Kier molecular flexibility index (Phi) is 2.95. The van der Waals surface area contributed by atoms with Gasteiger partial charge in [-0.3, -0.25) is 0 Å². The van der Waals surface area contributed by atoms with Crippen molar-refractivity contribution in [2.24, 2.45) is 0 Å². The van der Waals surface area contributed by atoms with E-state index >= 15 is 0 Å². The Morgan fingerprint density at radius 1 is 0.905 bits per heavy atom. The summed E-state index contributed by atoms with van der Waals surface area (Å²) in [6, 6.07) is 19.2. The lowest BCUT2D eigenvalue weighted by molar-refractivity contribution is 0.684. The van der Waals surface area contributed by atoms with Crippen molar-refractivity contribution in [2.45, 2.75) is 31.6 Å². The van der Waals surface area contributed by atoms with Gasteiger partial charge in [0.15, 0.2) is 0 Å². The summed E-state index contributed by atoms with van der Waals surface area (Å²) >= 11 is 0. The lowest BCUT2D eigenvalue weighted by Gasteiger charge is -2.15. The molecule has 4 rings (SSSR count). The Morgan fingerprint density at radius 3 is 2.43 bits per heavy atom. The number of rotatable bonds is 2. The Morgan fingerprint density at radius 2 is 1.67 bits per heavy atom. The Bertz CT molecular complexity index is 765. The fourth-order valence-electron chi connectivity index (χ4n) is 3.63. The summed E-state index contributed by atoms with van der Waals surface area (Å²) in [4.78, 5) is 0. The third-order valence-corrected chi connectivity index (χ3v) is 4.64. The molecular weight excluding hydrogens is 256 g/mol. The summed E-state index contributed by atoms with van der Waals surface area (Å²) in [6.45, 7) is 0. The molecule has 2 heteroatoms. The van der Waals surface area contributed by atoms with E-state index in [0.29, 0.717) is 5.92 Å². The second-order valence-electron chi connectivity index (χ2n) is 6.04. The highest BCUT2D eigenvalue weighted by Gasteiger charge is 2.22. The van der Waals surface area contributed by atoms with Gasteiger partial charge in [-0.2, -0.15) is 0 Å². The van der Waals surface area contributed by atoms with E-state index in [2.05, 4.69) is 53.1 Å². The van der Waals surface area contributed by atoms with Crippen molar-refractivity contribution in [1.29, 1.82) is 0 Å². The normalized spacial score (nSPS) is 15.8. The van der Waals surface area contributed by atoms with Crippen LogP contribution in [0.2, 0.25) is 0 Å².